The molecule has 128 valence electrons. The van der Waals surface area contributed by atoms with Crippen LogP contribution in [-0.2, 0) is 14.8 Å². The number of carbonyl (C=O) groups is 1. The Morgan fingerprint density at radius 3 is 2.46 bits per heavy atom. The Morgan fingerprint density at radius 1 is 1.12 bits per heavy atom. The number of benzene rings is 2. The minimum atomic E-state index is -4.42. The first-order valence-electron chi connectivity index (χ1n) is 6.42. The summed E-state index contributed by atoms with van der Waals surface area (Å²) in [6, 6.07) is 8.69. The molecular weight excluding hydrogens is 382 g/mol. The predicted octanol–water partition coefficient (Wildman–Crippen LogP) is 2.72. The van der Waals surface area contributed by atoms with E-state index < -0.39 is 32.5 Å². The number of amides is 1. The van der Waals surface area contributed by atoms with E-state index in [9.17, 15) is 22.0 Å². The maximum absolute atomic E-state index is 13.5. The quantitative estimate of drug-likeness (QED) is 0.585. The highest BCUT2D eigenvalue weighted by molar-refractivity contribution is 8.00. The number of thioether (sulfide) groups is 1. The highest BCUT2D eigenvalue weighted by atomic mass is 35.5. The van der Waals surface area contributed by atoms with Gasteiger partial charge in [0.2, 0.25) is 5.91 Å². The van der Waals surface area contributed by atoms with Gasteiger partial charge in [-0.3, -0.25) is 10.2 Å². The van der Waals surface area contributed by atoms with E-state index in [0.717, 1.165) is 22.7 Å². The fraction of sp³-hybridized carbons (Fsp3) is 0.0714. The van der Waals surface area contributed by atoms with Gasteiger partial charge in [0.15, 0.2) is 0 Å². The van der Waals surface area contributed by atoms with Crippen molar-refractivity contribution in [3.8, 4) is 0 Å². The van der Waals surface area contributed by atoms with Crippen LogP contribution in [-0.4, -0.2) is 20.1 Å². The summed E-state index contributed by atoms with van der Waals surface area (Å²) >= 11 is 6.88. The third-order valence-corrected chi connectivity index (χ3v) is 5.22. The molecule has 24 heavy (non-hydrogen) atoms. The van der Waals surface area contributed by atoms with Crippen molar-refractivity contribution in [2.24, 2.45) is 0 Å². The van der Waals surface area contributed by atoms with E-state index in [-0.39, 0.29) is 5.75 Å². The molecule has 0 heterocycles. The van der Waals surface area contributed by atoms with Crippen LogP contribution >= 0.6 is 23.4 Å². The van der Waals surface area contributed by atoms with Crippen LogP contribution in [0.5, 0.6) is 0 Å². The Hall–Kier alpha value is -1.68. The zero-order chi connectivity index (χ0) is 17.7. The summed E-state index contributed by atoms with van der Waals surface area (Å²) in [6.45, 7) is 0. The first kappa shape index (κ1) is 18.7. The lowest BCUT2D eigenvalue weighted by atomic mass is 10.3. The van der Waals surface area contributed by atoms with E-state index in [0.29, 0.717) is 17.2 Å². The van der Waals surface area contributed by atoms with Gasteiger partial charge in [0.1, 0.15) is 16.5 Å². The smallest absolute Gasteiger partial charge is 0.260 e. The topological polar surface area (TPSA) is 75.3 Å². The van der Waals surface area contributed by atoms with Crippen LogP contribution in [0.15, 0.2) is 52.3 Å². The first-order chi connectivity index (χ1) is 11.3. The van der Waals surface area contributed by atoms with Crippen LogP contribution in [0.25, 0.3) is 0 Å². The van der Waals surface area contributed by atoms with Crippen LogP contribution in [0.3, 0.4) is 0 Å². The molecule has 2 N–H and O–H groups in total. The number of sulfonamides is 1. The van der Waals surface area contributed by atoms with Gasteiger partial charge in [-0.25, -0.2) is 17.2 Å². The summed E-state index contributed by atoms with van der Waals surface area (Å²) < 4.78 is 50.3. The zero-order valence-corrected chi connectivity index (χ0v) is 14.3. The molecule has 0 aromatic heterocycles. The number of hydrazine groups is 1. The lowest BCUT2D eigenvalue weighted by molar-refractivity contribution is -0.119. The van der Waals surface area contributed by atoms with E-state index in [1.54, 1.807) is 29.1 Å². The highest BCUT2D eigenvalue weighted by Crippen LogP contribution is 2.20. The molecule has 1 amide bonds. The Kier molecular flexibility index (Phi) is 6.16. The van der Waals surface area contributed by atoms with Gasteiger partial charge in [-0.2, -0.15) is 0 Å². The molecule has 0 aliphatic heterocycles. The zero-order valence-electron chi connectivity index (χ0n) is 11.9. The van der Waals surface area contributed by atoms with Crippen molar-refractivity contribution in [3.63, 3.8) is 0 Å². The van der Waals surface area contributed by atoms with Crippen LogP contribution in [0.1, 0.15) is 0 Å². The molecular formula is C14H11ClF2N2O3S2. The number of carbonyl (C=O) groups excluding carboxylic acids is 1. The largest absolute Gasteiger partial charge is 0.277 e. The molecule has 0 aliphatic carbocycles. The molecule has 0 aliphatic rings. The van der Waals surface area contributed by atoms with Crippen LogP contribution < -0.4 is 10.3 Å². The van der Waals surface area contributed by atoms with Crippen molar-refractivity contribution in [1.29, 1.82) is 0 Å². The minimum Gasteiger partial charge on any atom is -0.277 e. The van der Waals surface area contributed by atoms with Crippen LogP contribution in [0.4, 0.5) is 8.78 Å². The molecule has 2 aromatic rings. The Morgan fingerprint density at radius 2 is 1.79 bits per heavy atom. The number of hydrogen-bond acceptors (Lipinski definition) is 4. The van der Waals surface area contributed by atoms with E-state index in [1.165, 1.54) is 0 Å². The van der Waals surface area contributed by atoms with Crippen molar-refractivity contribution >= 4 is 39.3 Å². The molecule has 0 atom stereocenters. The maximum Gasteiger partial charge on any atom is 0.260 e. The molecule has 2 aromatic carbocycles. The van der Waals surface area contributed by atoms with E-state index >= 15 is 0 Å². The van der Waals surface area contributed by atoms with Gasteiger partial charge < -0.3 is 0 Å². The molecule has 5 nitrogen and oxygen atoms in total. The number of hydrogen-bond donors (Lipinski definition) is 2. The SMILES string of the molecule is O=C(CSc1ccc(Cl)cc1)NNS(=O)(=O)c1cc(F)ccc1F. The van der Waals surface area contributed by atoms with E-state index in [1.807, 2.05) is 5.43 Å². The van der Waals surface area contributed by atoms with Crippen molar-refractivity contribution in [2.45, 2.75) is 9.79 Å². The van der Waals surface area contributed by atoms with Gasteiger partial charge in [-0.15, -0.1) is 16.6 Å². The van der Waals surface area contributed by atoms with Crippen molar-refractivity contribution in [1.82, 2.24) is 10.3 Å². The average molecular weight is 393 g/mol. The fourth-order valence-electron chi connectivity index (χ4n) is 1.58. The van der Waals surface area contributed by atoms with Gasteiger partial charge in [0.05, 0.1) is 5.75 Å². The number of rotatable bonds is 6. The van der Waals surface area contributed by atoms with Gasteiger partial charge in [0, 0.05) is 9.92 Å². The maximum atomic E-state index is 13.5. The molecule has 0 saturated carbocycles. The standard InChI is InChI=1S/C14H11ClF2N2O3S2/c15-9-1-4-11(5-2-9)23-8-14(20)18-19-24(21,22)13-7-10(16)3-6-12(13)17/h1-7,19H,8H2,(H,18,20). The molecule has 0 bridgehead atoms. The molecule has 0 radical (unpaired) electrons. The summed E-state index contributed by atoms with van der Waals surface area (Å²) in [4.78, 5) is 13.2. The van der Waals surface area contributed by atoms with Crippen molar-refractivity contribution in [3.05, 3.63) is 59.1 Å². The molecule has 2 rings (SSSR count). The van der Waals surface area contributed by atoms with Crippen LogP contribution in [0.2, 0.25) is 5.02 Å². The lowest BCUT2D eigenvalue weighted by Gasteiger charge is -2.09. The minimum absolute atomic E-state index is 0.0875. The second kappa shape index (κ2) is 7.93. The van der Waals surface area contributed by atoms with Gasteiger partial charge >= 0.3 is 0 Å². The van der Waals surface area contributed by atoms with Crippen molar-refractivity contribution < 1.29 is 22.0 Å². The second-order valence-corrected chi connectivity index (χ2v) is 7.61. The summed E-state index contributed by atoms with van der Waals surface area (Å²) in [5.74, 6) is -2.79. The van der Waals surface area contributed by atoms with Gasteiger partial charge in [-0.05, 0) is 42.5 Å². The van der Waals surface area contributed by atoms with Crippen LogP contribution in [0, 0.1) is 11.6 Å². The third kappa shape index (κ3) is 5.17. The monoisotopic (exact) mass is 392 g/mol. The third-order valence-electron chi connectivity index (χ3n) is 2.69. The molecule has 0 spiro atoms. The molecule has 0 unspecified atom stereocenters. The summed E-state index contributed by atoms with van der Waals surface area (Å²) in [5, 5.41) is 0.550. The summed E-state index contributed by atoms with van der Waals surface area (Å²) in [5.41, 5.74) is 1.94. The lowest BCUT2D eigenvalue weighted by Crippen LogP contribution is -2.42. The Bertz CT molecular complexity index is 846. The predicted molar refractivity (Wildman–Crippen MR) is 87.0 cm³/mol. The van der Waals surface area contributed by atoms with Crippen molar-refractivity contribution in [2.75, 3.05) is 5.75 Å². The molecule has 10 heteroatoms. The average Bonchev–Trinajstić information content (AvgIpc) is 2.54. The van der Waals surface area contributed by atoms with Gasteiger partial charge in [0.25, 0.3) is 10.0 Å². The summed E-state index contributed by atoms with van der Waals surface area (Å²) in [6.07, 6.45) is 0. The van der Waals surface area contributed by atoms with Gasteiger partial charge in [-0.1, -0.05) is 11.6 Å². The molecule has 0 fully saturated rings. The summed E-state index contributed by atoms with van der Waals surface area (Å²) in [7, 11) is -4.42. The van der Waals surface area contributed by atoms with E-state index in [2.05, 4.69) is 0 Å². The Balaban J connectivity index is 1.93. The highest BCUT2D eigenvalue weighted by Gasteiger charge is 2.20. The number of nitrogens with one attached hydrogen (secondary N) is 2. The number of halogens is 3. The van der Waals surface area contributed by atoms with E-state index in [4.69, 9.17) is 11.6 Å². The Labute approximate surface area is 146 Å². The second-order valence-electron chi connectivity index (χ2n) is 4.47. The fourth-order valence-corrected chi connectivity index (χ4v) is 3.35. The first-order valence-corrected chi connectivity index (χ1v) is 9.27. The molecule has 0 saturated heterocycles. The normalized spacial score (nSPS) is 11.3.